The Hall–Kier alpha value is -13.5. The van der Waals surface area contributed by atoms with Crippen LogP contribution in [-0.4, -0.2) is 54.2 Å². The van der Waals surface area contributed by atoms with Gasteiger partial charge >= 0.3 is 0 Å². The number of hydrogen-bond donors (Lipinski definition) is 3. The number of nitrogens with one attached hydrogen (secondary N) is 3. The minimum Gasteiger partial charge on any atom is -0.288 e. The first kappa shape index (κ1) is 78.3. The highest BCUT2D eigenvalue weighted by Gasteiger charge is 2.38. The molecule has 630 valence electrons. The maximum absolute atomic E-state index is 16.5. The second-order valence-electron chi connectivity index (χ2n) is 36.8. The van der Waals surface area contributed by atoms with Crippen LogP contribution < -0.4 is 49.8 Å². The second kappa shape index (κ2) is 29.8. The van der Waals surface area contributed by atoms with Gasteiger partial charge in [0.2, 0.25) is 0 Å². The normalized spacial score (nSPS) is 13.8. The number of carbonyl (C=O) groups excluding carboxylic acids is 4. The van der Waals surface area contributed by atoms with Gasteiger partial charge in [-0.3, -0.25) is 86.9 Å². The van der Waals surface area contributed by atoms with Crippen molar-refractivity contribution in [1.82, 2.24) is 29.3 Å². The van der Waals surface area contributed by atoms with E-state index in [2.05, 4.69) is 36.1 Å². The number of pyridine rings is 4. The van der Waals surface area contributed by atoms with Crippen LogP contribution in [0, 0.1) is 0 Å². The van der Waals surface area contributed by atoms with Crippen molar-refractivity contribution in [2.75, 3.05) is 6.54 Å². The number of unbranched alkanes of at least 4 members (excludes halogenated alkanes) is 24. The summed E-state index contributed by atoms with van der Waals surface area (Å²) >= 11 is 0. The molecule has 0 fully saturated rings. The zero-order valence-corrected chi connectivity index (χ0v) is 71.5. The summed E-state index contributed by atoms with van der Waals surface area (Å²) in [6, 6.07) is 32.9. The highest BCUT2D eigenvalue weighted by atomic mass is 16.2. The maximum Gasteiger partial charge on any atom is 0.261 e. The second-order valence-corrected chi connectivity index (χ2v) is 36.8. The van der Waals surface area contributed by atoms with Gasteiger partial charge < -0.3 is 0 Å². The highest BCUT2D eigenvalue weighted by molar-refractivity contribution is 6.57. The van der Waals surface area contributed by atoms with Gasteiger partial charge in [-0.05, 0) is 227 Å². The number of rotatable bonds is 32. The van der Waals surface area contributed by atoms with Crippen molar-refractivity contribution in [2.24, 2.45) is 0 Å². The first-order valence-corrected chi connectivity index (χ1v) is 46.5. The average Bonchev–Trinajstić information content (AvgIpc) is 0.648. The van der Waals surface area contributed by atoms with Crippen molar-refractivity contribution < 1.29 is 19.2 Å². The topological polar surface area (TPSA) is 262 Å². The first-order valence-electron chi connectivity index (χ1n) is 46.5. The fourth-order valence-electron chi connectivity index (χ4n) is 23.8. The first-order chi connectivity index (χ1) is 62.0. The molecule has 0 bridgehead atoms. The molecule has 0 saturated heterocycles. The van der Waals surface area contributed by atoms with Crippen LogP contribution in [0.15, 0.2) is 148 Å². The van der Waals surface area contributed by atoms with Gasteiger partial charge in [0.1, 0.15) is 0 Å². The summed E-state index contributed by atoms with van der Waals surface area (Å²) in [5.41, 5.74) is -2.12. The molecule has 0 unspecified atom stereocenters. The van der Waals surface area contributed by atoms with E-state index in [1.165, 1.54) is 59.0 Å². The van der Waals surface area contributed by atoms with Crippen LogP contribution in [0.25, 0.3) is 217 Å². The Morgan fingerprint density at radius 1 is 0.220 bits per heavy atom. The number of benzene rings is 17. The number of H-pyrrole nitrogens is 2. The van der Waals surface area contributed by atoms with Crippen LogP contribution >= 0.6 is 0 Å². The van der Waals surface area contributed by atoms with Crippen LogP contribution in [0.3, 0.4) is 0 Å². The molecule has 127 heavy (non-hydrogen) atoms. The quantitative estimate of drug-likeness (QED) is 0.0117. The predicted molar refractivity (Wildman–Crippen MR) is 519 cm³/mol. The Kier molecular flexibility index (Phi) is 18.4. The number of nitrogens with zero attached hydrogens (tertiary/aromatic N) is 3. The lowest BCUT2D eigenvalue weighted by Crippen LogP contribution is -2.41. The molecule has 0 radical (unpaired) electrons. The van der Waals surface area contributed by atoms with Crippen molar-refractivity contribution in [3.63, 3.8) is 0 Å². The lowest BCUT2D eigenvalue weighted by molar-refractivity contribution is 0.0606. The molecule has 6 heterocycles. The van der Waals surface area contributed by atoms with Crippen molar-refractivity contribution in [3.8, 4) is 0 Å². The maximum atomic E-state index is 16.5. The van der Waals surface area contributed by atoms with Gasteiger partial charge in [-0.1, -0.05) is 223 Å². The molecule has 2 aliphatic heterocycles. The molecular formula is C109H92N6O12. The zero-order chi connectivity index (χ0) is 86.5. The number of aromatic amines is 2. The fraction of sp³-hybridized carbons (Fsp3) is 0.303. The van der Waals surface area contributed by atoms with E-state index >= 15 is 43.2 Å². The van der Waals surface area contributed by atoms with E-state index in [0.29, 0.717) is 230 Å². The summed E-state index contributed by atoms with van der Waals surface area (Å²) in [6.07, 6.45) is 31.5. The van der Waals surface area contributed by atoms with Gasteiger partial charge in [0, 0.05) is 123 Å². The fourth-order valence-corrected chi connectivity index (χ4v) is 23.8. The molecule has 4 aromatic heterocycles. The van der Waals surface area contributed by atoms with Gasteiger partial charge in [0.25, 0.3) is 68.1 Å². The molecule has 17 aromatic carbocycles. The smallest absolute Gasteiger partial charge is 0.261 e. The third-order valence-corrected chi connectivity index (χ3v) is 29.6. The van der Waals surface area contributed by atoms with Gasteiger partial charge in [0.05, 0.1) is 0 Å². The van der Waals surface area contributed by atoms with Crippen molar-refractivity contribution in [3.05, 3.63) is 225 Å². The van der Waals surface area contributed by atoms with Crippen LogP contribution in [-0.2, 0) is 13.1 Å². The zero-order valence-electron chi connectivity index (χ0n) is 71.5. The van der Waals surface area contributed by atoms with Crippen LogP contribution in [0.4, 0.5) is 0 Å². The lowest BCUT2D eigenvalue weighted by atomic mass is 9.76. The molecule has 0 spiro atoms. The molecule has 0 atom stereocenters. The van der Waals surface area contributed by atoms with Crippen molar-refractivity contribution in [2.45, 2.75) is 207 Å². The molecule has 0 saturated carbocycles. The Morgan fingerprint density at radius 2 is 0.504 bits per heavy atom. The highest BCUT2D eigenvalue weighted by Crippen LogP contribution is 2.58. The third-order valence-electron chi connectivity index (χ3n) is 29.6. The monoisotopic (exact) mass is 1680 g/mol. The summed E-state index contributed by atoms with van der Waals surface area (Å²) in [7, 11) is 0. The molecule has 18 heteroatoms. The summed E-state index contributed by atoms with van der Waals surface area (Å²) in [4.78, 5) is 190. The molecule has 23 rings (SSSR count). The molecule has 4 amide bonds. The average molecular weight is 1680 g/mol. The SMILES string of the molecule is CCCCCCCCCCCN1C(=O)c2ccc3c4ccc5c6c(ccc(c7c(/C=C/c8cc9c(=O)[nH]c(=O)c%10cc%11c%12c%13cc%14c(=O)[nH]c(=O)c%15ccc%16c%17ccc%18c(=O)n(CCCCCCCCCCC)c(=O)c%19cc(c%12c%12cc%20c(=O)n(CCCCCCCCCCC)c(=O)c%21ccc%22c8c(c9%10)c%11c%12c%22c%21%20)c(c%17c%18%19)c%13c%16c%15%14)cc(c2c37)C1=O)c64)C(=O)NC5=O. The summed E-state index contributed by atoms with van der Waals surface area (Å²) < 4.78 is 2.77. The van der Waals surface area contributed by atoms with E-state index in [1.807, 2.05) is 78.9 Å². The molecule has 18 nitrogen and oxygen atoms in total. The van der Waals surface area contributed by atoms with Crippen LogP contribution in [0.2, 0.25) is 0 Å². The summed E-state index contributed by atoms with van der Waals surface area (Å²) in [5, 5.41) is 21.5. The standard InChI is InChI=1S/C109H92N6O12/c1-4-7-10-13-16-19-22-25-28-45-113-104(122)65-42-35-57-56-33-39-62-81-63(99(117)110-98(62)116)41-37-60(80(56)81)78-55(49-75(107(113)125)83(65)89(57)78)32-31-54-48-72-88-74(103(121)112-101(72)119)51-69-86-68-50-73-82-64(100(118)111-102(73)120)40-34-58-59-36-43-66-84-76(108(126)114(105(66)123)46-29-26-23-20-17-14-11-8-5-2)52-70(94(91(59)84)93(68)90(58)82)87(86)71-53-77-85-67(44-38-61-79(54)97(88)96(69)95(71)92(61)85)106(124)115(109(77)127)47-30-27-24-21-18-15-12-9-6-3/h31-44,48-53H,4-30,45-47H2,1-3H3,(H,110,116,117)(H,111,118,120)(H,112,119,121)/b32-31+. The Labute approximate surface area is 723 Å². The van der Waals surface area contributed by atoms with Gasteiger partial charge in [-0.25, -0.2) is 0 Å². The van der Waals surface area contributed by atoms with E-state index in [-0.39, 0.29) is 46.6 Å². The Bertz CT molecular complexity index is 8900. The lowest BCUT2D eigenvalue weighted by Gasteiger charge is -2.29. The van der Waals surface area contributed by atoms with Gasteiger partial charge in [0.15, 0.2) is 0 Å². The van der Waals surface area contributed by atoms with E-state index < -0.39 is 68.1 Å². The largest absolute Gasteiger partial charge is 0.288 e. The number of fused-ring (bicyclic) bond motifs is 9. The van der Waals surface area contributed by atoms with E-state index in [1.54, 1.807) is 42.5 Å². The van der Waals surface area contributed by atoms with E-state index in [0.717, 1.165) is 109 Å². The minimum absolute atomic E-state index is 0.151. The number of imide groups is 2. The summed E-state index contributed by atoms with van der Waals surface area (Å²) in [5.74, 6) is -1.96. The minimum atomic E-state index is -0.679. The van der Waals surface area contributed by atoms with Gasteiger partial charge in [-0.2, -0.15) is 0 Å². The number of aromatic nitrogens is 4. The molecule has 2 aliphatic rings. The van der Waals surface area contributed by atoms with Crippen molar-refractivity contribution in [1.29, 1.82) is 0 Å². The Balaban J connectivity index is 0.831. The van der Waals surface area contributed by atoms with E-state index in [4.69, 9.17) is 0 Å². The molecule has 21 aromatic rings. The number of amides is 4. The predicted octanol–water partition coefficient (Wildman–Crippen LogP) is 22.9. The molecule has 0 aliphatic carbocycles. The Morgan fingerprint density at radius 3 is 0.992 bits per heavy atom. The molecular weight excluding hydrogens is 1590 g/mol. The number of carbonyl (C=O) groups is 4. The van der Waals surface area contributed by atoms with Gasteiger partial charge in [-0.15, -0.1) is 0 Å². The van der Waals surface area contributed by atoms with Crippen LogP contribution in [0.5, 0.6) is 0 Å². The van der Waals surface area contributed by atoms with E-state index in [9.17, 15) is 14.4 Å². The molecule has 3 N–H and O–H groups in total. The van der Waals surface area contributed by atoms with Crippen molar-refractivity contribution >= 4 is 240 Å². The third kappa shape index (κ3) is 11.2. The van der Waals surface area contributed by atoms with Crippen LogP contribution in [0.1, 0.15) is 247 Å². The summed E-state index contributed by atoms with van der Waals surface area (Å²) in [6.45, 7) is 7.15. The number of hydrogen-bond acceptors (Lipinski definition) is 12.